The number of guanidine groups is 1. The number of piperazine rings is 1. The summed E-state index contributed by atoms with van der Waals surface area (Å²) in [6.07, 6.45) is -2.03. The molecule has 1 aromatic heterocycles. The van der Waals surface area contributed by atoms with Gasteiger partial charge in [0.05, 0.1) is 0 Å². The quantitative estimate of drug-likeness (QED) is 0.270. The molecule has 1 saturated heterocycles. The van der Waals surface area contributed by atoms with E-state index >= 15 is 0 Å². The Bertz CT molecular complexity index is 551. The molecule has 27 heavy (non-hydrogen) atoms. The fourth-order valence-corrected chi connectivity index (χ4v) is 2.65. The van der Waals surface area contributed by atoms with Gasteiger partial charge in [-0.25, -0.2) is 4.98 Å². The molecule has 154 valence electrons. The molecule has 0 amide bonds. The Labute approximate surface area is 175 Å². The second-order valence-corrected chi connectivity index (χ2v) is 5.92. The number of pyridine rings is 1. The lowest BCUT2D eigenvalue weighted by molar-refractivity contribution is -0.173. The zero-order valence-corrected chi connectivity index (χ0v) is 17.7. The van der Waals surface area contributed by atoms with Crippen LogP contribution in [-0.2, 0) is 4.74 Å². The SMILES string of the molecule is CCNC(=NCCCOCC(F)(F)F)N1CCN(c2ccccn2)CC1.I. The van der Waals surface area contributed by atoms with Crippen molar-refractivity contribution in [2.24, 2.45) is 4.99 Å². The van der Waals surface area contributed by atoms with Crippen LogP contribution in [0.25, 0.3) is 0 Å². The highest BCUT2D eigenvalue weighted by Gasteiger charge is 2.27. The van der Waals surface area contributed by atoms with E-state index in [1.165, 1.54) is 0 Å². The molecule has 2 heterocycles. The molecular formula is C17H27F3IN5O. The summed E-state index contributed by atoms with van der Waals surface area (Å²) in [5.41, 5.74) is 0. The van der Waals surface area contributed by atoms with Gasteiger partial charge in [-0.1, -0.05) is 6.07 Å². The molecule has 1 N–H and O–H groups in total. The van der Waals surface area contributed by atoms with Gasteiger partial charge in [-0.05, 0) is 25.5 Å². The fraction of sp³-hybridized carbons (Fsp3) is 0.647. The van der Waals surface area contributed by atoms with Crippen LogP contribution in [0.3, 0.4) is 0 Å². The number of hydrogen-bond acceptors (Lipinski definition) is 4. The number of aromatic nitrogens is 1. The van der Waals surface area contributed by atoms with Gasteiger partial charge in [-0.3, -0.25) is 4.99 Å². The Morgan fingerprint density at radius 3 is 2.59 bits per heavy atom. The number of rotatable bonds is 7. The molecule has 1 aliphatic rings. The van der Waals surface area contributed by atoms with Crippen LogP contribution >= 0.6 is 24.0 Å². The molecule has 1 aromatic rings. The molecule has 0 bridgehead atoms. The molecule has 6 nitrogen and oxygen atoms in total. The van der Waals surface area contributed by atoms with E-state index in [4.69, 9.17) is 0 Å². The normalized spacial score (nSPS) is 15.5. The monoisotopic (exact) mass is 501 g/mol. The maximum absolute atomic E-state index is 12.0. The largest absolute Gasteiger partial charge is 0.411 e. The number of halogens is 4. The third-order valence-corrected chi connectivity index (χ3v) is 3.86. The Morgan fingerprint density at radius 2 is 2.00 bits per heavy atom. The first-order valence-electron chi connectivity index (χ1n) is 8.83. The van der Waals surface area contributed by atoms with Crippen molar-refractivity contribution in [3.8, 4) is 0 Å². The van der Waals surface area contributed by atoms with Crippen LogP contribution < -0.4 is 10.2 Å². The number of hydrogen-bond donors (Lipinski definition) is 1. The third-order valence-electron chi connectivity index (χ3n) is 3.86. The van der Waals surface area contributed by atoms with Gasteiger partial charge in [-0.2, -0.15) is 13.2 Å². The van der Waals surface area contributed by atoms with Gasteiger partial charge in [0.2, 0.25) is 0 Å². The summed E-state index contributed by atoms with van der Waals surface area (Å²) < 4.78 is 40.6. The van der Waals surface area contributed by atoms with Crippen LogP contribution in [0.15, 0.2) is 29.4 Å². The van der Waals surface area contributed by atoms with Crippen molar-refractivity contribution in [3.05, 3.63) is 24.4 Å². The van der Waals surface area contributed by atoms with Gasteiger partial charge >= 0.3 is 6.18 Å². The van der Waals surface area contributed by atoms with Gasteiger partial charge in [-0.15, -0.1) is 24.0 Å². The van der Waals surface area contributed by atoms with Crippen molar-refractivity contribution in [3.63, 3.8) is 0 Å². The highest BCUT2D eigenvalue weighted by molar-refractivity contribution is 14.0. The average molecular weight is 501 g/mol. The number of nitrogens with one attached hydrogen (secondary N) is 1. The summed E-state index contributed by atoms with van der Waals surface area (Å²) in [7, 11) is 0. The molecule has 0 saturated carbocycles. The molecule has 2 rings (SSSR count). The molecule has 0 spiro atoms. The fourth-order valence-electron chi connectivity index (χ4n) is 2.65. The Morgan fingerprint density at radius 1 is 1.26 bits per heavy atom. The summed E-state index contributed by atoms with van der Waals surface area (Å²) in [5, 5.41) is 3.24. The minimum Gasteiger partial charge on any atom is -0.372 e. The van der Waals surface area contributed by atoms with Gasteiger partial charge in [0.25, 0.3) is 0 Å². The molecule has 0 atom stereocenters. The lowest BCUT2D eigenvalue weighted by Crippen LogP contribution is -2.52. The Kier molecular flexibility index (Phi) is 10.7. The Hall–Kier alpha value is -1.30. The zero-order valence-electron chi connectivity index (χ0n) is 15.4. The summed E-state index contributed by atoms with van der Waals surface area (Å²) in [6.45, 7) is 5.32. The maximum atomic E-state index is 12.0. The van der Waals surface area contributed by atoms with E-state index in [9.17, 15) is 13.2 Å². The van der Waals surface area contributed by atoms with Crippen LogP contribution in [-0.4, -0.2) is 74.5 Å². The summed E-state index contributed by atoms with van der Waals surface area (Å²) in [4.78, 5) is 13.3. The standard InChI is InChI=1S/C17H26F3N5O.HI/c1-2-21-16(23-8-5-13-26-14-17(18,19)20)25-11-9-24(10-12-25)15-6-3-4-7-22-15;/h3-4,6-7H,2,5,8-14H2,1H3,(H,21,23);1H. The van der Waals surface area contributed by atoms with Crippen molar-refractivity contribution in [1.29, 1.82) is 0 Å². The Balaban J connectivity index is 0.00000364. The zero-order chi connectivity index (χ0) is 18.8. The summed E-state index contributed by atoms with van der Waals surface area (Å²) in [6, 6.07) is 5.87. The minimum atomic E-state index is -4.27. The van der Waals surface area contributed by atoms with Crippen LogP contribution in [0.5, 0.6) is 0 Å². The molecule has 1 aliphatic heterocycles. The number of ether oxygens (including phenoxy) is 1. The first kappa shape index (κ1) is 23.7. The van der Waals surface area contributed by atoms with Gasteiger partial charge in [0, 0.05) is 52.1 Å². The topological polar surface area (TPSA) is 53.0 Å². The highest BCUT2D eigenvalue weighted by Crippen LogP contribution is 2.14. The predicted octanol–water partition coefficient (Wildman–Crippen LogP) is 2.76. The van der Waals surface area contributed by atoms with E-state index in [2.05, 4.69) is 29.8 Å². The lowest BCUT2D eigenvalue weighted by atomic mass is 10.3. The lowest BCUT2D eigenvalue weighted by Gasteiger charge is -2.37. The van der Waals surface area contributed by atoms with Crippen molar-refractivity contribution in [1.82, 2.24) is 15.2 Å². The van der Waals surface area contributed by atoms with E-state index < -0.39 is 12.8 Å². The summed E-state index contributed by atoms with van der Waals surface area (Å²) >= 11 is 0. The average Bonchev–Trinajstić information content (AvgIpc) is 2.64. The second kappa shape index (κ2) is 12.2. The van der Waals surface area contributed by atoms with Crippen molar-refractivity contribution in [2.75, 3.05) is 57.4 Å². The van der Waals surface area contributed by atoms with Crippen LogP contribution in [0.4, 0.5) is 19.0 Å². The predicted molar refractivity (Wildman–Crippen MR) is 111 cm³/mol. The van der Waals surface area contributed by atoms with Crippen LogP contribution in [0.1, 0.15) is 13.3 Å². The molecule has 0 aliphatic carbocycles. The highest BCUT2D eigenvalue weighted by atomic mass is 127. The van der Waals surface area contributed by atoms with Gasteiger partial charge in [0.1, 0.15) is 12.4 Å². The van der Waals surface area contributed by atoms with E-state index in [0.29, 0.717) is 13.0 Å². The summed E-state index contributed by atoms with van der Waals surface area (Å²) in [5.74, 6) is 1.76. The van der Waals surface area contributed by atoms with E-state index in [0.717, 1.165) is 44.5 Å². The minimum absolute atomic E-state index is 0. The molecular weight excluding hydrogens is 474 g/mol. The van der Waals surface area contributed by atoms with Gasteiger partial charge in [0.15, 0.2) is 5.96 Å². The maximum Gasteiger partial charge on any atom is 0.411 e. The van der Waals surface area contributed by atoms with E-state index in [-0.39, 0.29) is 30.6 Å². The van der Waals surface area contributed by atoms with E-state index in [1.807, 2.05) is 25.1 Å². The molecule has 0 unspecified atom stereocenters. The first-order chi connectivity index (χ1) is 12.5. The van der Waals surface area contributed by atoms with Crippen molar-refractivity contribution < 1.29 is 17.9 Å². The smallest absolute Gasteiger partial charge is 0.372 e. The number of aliphatic imine (C=N–C) groups is 1. The van der Waals surface area contributed by atoms with Crippen LogP contribution in [0.2, 0.25) is 0 Å². The number of anilines is 1. The molecule has 0 radical (unpaired) electrons. The van der Waals surface area contributed by atoms with E-state index in [1.54, 1.807) is 6.20 Å². The van der Waals surface area contributed by atoms with Crippen molar-refractivity contribution in [2.45, 2.75) is 19.5 Å². The molecule has 10 heteroatoms. The second-order valence-electron chi connectivity index (χ2n) is 5.92. The number of alkyl halides is 3. The number of nitrogens with zero attached hydrogens (tertiary/aromatic N) is 4. The van der Waals surface area contributed by atoms with Crippen LogP contribution in [0, 0.1) is 0 Å². The first-order valence-corrected chi connectivity index (χ1v) is 8.83. The molecule has 1 fully saturated rings. The van der Waals surface area contributed by atoms with Crippen molar-refractivity contribution >= 4 is 35.8 Å². The van der Waals surface area contributed by atoms with Gasteiger partial charge < -0.3 is 19.9 Å². The molecule has 0 aromatic carbocycles. The third kappa shape index (κ3) is 8.96.